The standard InChI is InChI=1S/C21H20ClFIN3O5/c1-26-10-21(6-12(7-21)31-2)27-9-13(17(28)18(32-24)16(27)20(26)30)19(29)25-8-11-4-3-5-14(22)15(11)23/h3-5,9,12H,6-8,10H2,1-2H3,(H,25,29). The first-order chi connectivity index (χ1) is 15.2. The molecule has 1 aromatic carbocycles. The van der Waals surface area contributed by atoms with Crippen LogP contribution in [0.1, 0.15) is 39.3 Å². The molecule has 4 rings (SSSR count). The minimum atomic E-state index is -0.712. The Hall–Kier alpha value is -2.18. The second kappa shape index (κ2) is 8.64. The lowest BCUT2D eigenvalue weighted by atomic mass is 9.72. The minimum Gasteiger partial charge on any atom is -0.421 e. The normalized spacial score (nSPS) is 21.8. The zero-order valence-electron chi connectivity index (χ0n) is 17.3. The van der Waals surface area contributed by atoms with Gasteiger partial charge in [0.2, 0.25) is 11.2 Å². The molecule has 1 saturated carbocycles. The van der Waals surface area contributed by atoms with E-state index in [-0.39, 0.29) is 46.1 Å². The number of ether oxygens (including phenoxy) is 1. The number of hydrogen-bond donors (Lipinski definition) is 1. The van der Waals surface area contributed by atoms with E-state index in [1.807, 2.05) is 0 Å². The first-order valence-corrected chi connectivity index (χ1v) is 11.1. The van der Waals surface area contributed by atoms with Crippen LogP contribution in [0.5, 0.6) is 5.75 Å². The van der Waals surface area contributed by atoms with Crippen molar-refractivity contribution in [2.45, 2.75) is 31.0 Å². The van der Waals surface area contributed by atoms with Gasteiger partial charge in [0, 0.05) is 39.0 Å². The molecule has 1 aliphatic carbocycles. The van der Waals surface area contributed by atoms with E-state index in [0.717, 1.165) is 0 Å². The molecule has 2 amide bonds. The van der Waals surface area contributed by atoms with Gasteiger partial charge < -0.3 is 22.6 Å². The lowest BCUT2D eigenvalue weighted by Gasteiger charge is -2.53. The molecule has 0 atom stereocenters. The van der Waals surface area contributed by atoms with Gasteiger partial charge in [-0.25, -0.2) is 4.39 Å². The van der Waals surface area contributed by atoms with Crippen molar-refractivity contribution in [1.29, 1.82) is 0 Å². The number of nitrogens with zero attached hydrogens (tertiary/aromatic N) is 2. The summed E-state index contributed by atoms with van der Waals surface area (Å²) in [6.07, 6.45) is 2.65. The van der Waals surface area contributed by atoms with Gasteiger partial charge in [0.05, 0.1) is 16.7 Å². The first kappa shape index (κ1) is 23.0. The van der Waals surface area contributed by atoms with Crippen molar-refractivity contribution in [3.63, 3.8) is 0 Å². The number of rotatable bonds is 5. The van der Waals surface area contributed by atoms with E-state index in [9.17, 15) is 18.8 Å². The predicted molar refractivity (Wildman–Crippen MR) is 123 cm³/mol. The van der Waals surface area contributed by atoms with Crippen LogP contribution in [-0.2, 0) is 16.8 Å². The molecule has 0 saturated heterocycles. The molecular weight excluding hydrogens is 556 g/mol. The Morgan fingerprint density at radius 2 is 2.09 bits per heavy atom. The van der Waals surface area contributed by atoms with Crippen LogP contribution in [0.25, 0.3) is 0 Å². The minimum absolute atomic E-state index is 0.0101. The second-order valence-electron chi connectivity index (χ2n) is 8.04. The molecule has 0 radical (unpaired) electrons. The second-order valence-corrected chi connectivity index (χ2v) is 8.89. The lowest BCUT2D eigenvalue weighted by molar-refractivity contribution is -0.0671. The topological polar surface area (TPSA) is 89.9 Å². The highest BCUT2D eigenvalue weighted by atomic mass is 127. The number of carbonyl (C=O) groups excluding carboxylic acids is 2. The monoisotopic (exact) mass is 575 g/mol. The molecule has 1 fully saturated rings. The number of halogens is 3. The fourth-order valence-corrected chi connectivity index (χ4v) is 5.01. The predicted octanol–water partition coefficient (Wildman–Crippen LogP) is 2.89. The molecule has 2 aromatic rings. The summed E-state index contributed by atoms with van der Waals surface area (Å²) < 4.78 is 26.5. The molecule has 0 bridgehead atoms. The van der Waals surface area contributed by atoms with E-state index in [1.54, 1.807) is 29.7 Å². The van der Waals surface area contributed by atoms with Gasteiger partial charge >= 0.3 is 0 Å². The Labute approximate surface area is 202 Å². The van der Waals surface area contributed by atoms with Crippen LogP contribution in [0.2, 0.25) is 5.02 Å². The van der Waals surface area contributed by atoms with Gasteiger partial charge in [-0.2, -0.15) is 0 Å². The van der Waals surface area contributed by atoms with Gasteiger partial charge in [-0.1, -0.05) is 23.7 Å². The molecule has 1 aromatic heterocycles. The summed E-state index contributed by atoms with van der Waals surface area (Å²) in [4.78, 5) is 40.4. The largest absolute Gasteiger partial charge is 0.421 e. The van der Waals surface area contributed by atoms with Gasteiger partial charge in [0.25, 0.3) is 11.8 Å². The average Bonchev–Trinajstić information content (AvgIpc) is 2.75. The highest BCUT2D eigenvalue weighted by molar-refractivity contribution is 14.1. The number of likely N-dealkylation sites (N-methyl/N-ethyl adjacent to an activating group) is 1. The van der Waals surface area contributed by atoms with E-state index >= 15 is 0 Å². The Kier molecular flexibility index (Phi) is 6.21. The summed E-state index contributed by atoms with van der Waals surface area (Å²) in [6.45, 7) is 0.252. The van der Waals surface area contributed by atoms with E-state index < -0.39 is 22.7 Å². The molecule has 0 unspecified atom stereocenters. The maximum Gasteiger partial charge on any atom is 0.274 e. The molecular formula is C21H20ClFIN3O5. The Morgan fingerprint density at radius 3 is 2.75 bits per heavy atom. The van der Waals surface area contributed by atoms with Crippen molar-refractivity contribution < 1.29 is 21.8 Å². The van der Waals surface area contributed by atoms with E-state index in [1.165, 1.54) is 41.3 Å². The maximum atomic E-state index is 14.2. The van der Waals surface area contributed by atoms with Crippen molar-refractivity contribution in [3.8, 4) is 5.75 Å². The van der Waals surface area contributed by atoms with Crippen molar-refractivity contribution in [3.05, 3.63) is 62.3 Å². The number of nitrogens with one attached hydrogen (secondary N) is 1. The van der Waals surface area contributed by atoms with Crippen LogP contribution in [0.3, 0.4) is 0 Å². The fraction of sp³-hybridized carbons (Fsp3) is 0.381. The first-order valence-electron chi connectivity index (χ1n) is 9.80. The summed E-state index contributed by atoms with van der Waals surface area (Å²) in [5.41, 5.74) is -1.13. The van der Waals surface area contributed by atoms with Crippen molar-refractivity contribution in [2.75, 3.05) is 20.7 Å². The van der Waals surface area contributed by atoms with Crippen LogP contribution in [0.4, 0.5) is 4.39 Å². The molecule has 1 N–H and O–H groups in total. The third kappa shape index (κ3) is 3.67. The molecule has 1 aliphatic heterocycles. The Bertz CT molecular complexity index is 1160. The van der Waals surface area contributed by atoms with Crippen LogP contribution < -0.4 is 13.8 Å². The Balaban J connectivity index is 1.73. The zero-order valence-corrected chi connectivity index (χ0v) is 20.2. The highest BCUT2D eigenvalue weighted by Crippen LogP contribution is 2.45. The smallest absolute Gasteiger partial charge is 0.274 e. The number of methoxy groups -OCH3 is 1. The maximum absolute atomic E-state index is 14.2. The average molecular weight is 576 g/mol. The number of benzene rings is 1. The van der Waals surface area contributed by atoms with E-state index in [0.29, 0.717) is 19.4 Å². The van der Waals surface area contributed by atoms with Gasteiger partial charge in [-0.05, 0) is 18.9 Å². The number of fused-ring (bicyclic) bond motifs is 2. The molecule has 1 spiro atoms. The molecule has 170 valence electrons. The van der Waals surface area contributed by atoms with Crippen LogP contribution in [-0.4, -0.2) is 48.1 Å². The Morgan fingerprint density at radius 1 is 1.38 bits per heavy atom. The number of amides is 2. The molecule has 2 aliphatic rings. The zero-order chi connectivity index (χ0) is 23.2. The van der Waals surface area contributed by atoms with Crippen LogP contribution >= 0.6 is 34.6 Å². The van der Waals surface area contributed by atoms with Crippen LogP contribution in [0.15, 0.2) is 29.2 Å². The van der Waals surface area contributed by atoms with Gasteiger partial charge in [-0.3, -0.25) is 14.4 Å². The van der Waals surface area contributed by atoms with Gasteiger partial charge in [-0.15, -0.1) is 0 Å². The fourth-order valence-electron chi connectivity index (χ4n) is 4.41. The molecule has 32 heavy (non-hydrogen) atoms. The molecule has 11 heteroatoms. The van der Waals surface area contributed by atoms with Gasteiger partial charge in [0.15, 0.2) is 28.7 Å². The summed E-state index contributed by atoms with van der Waals surface area (Å²) in [5.74, 6) is -1.92. The highest BCUT2D eigenvalue weighted by Gasteiger charge is 2.52. The quantitative estimate of drug-likeness (QED) is 0.554. The summed E-state index contributed by atoms with van der Waals surface area (Å²) >= 11 is 7.32. The number of pyridine rings is 1. The SMILES string of the molecule is COC1CC2(C1)CN(C)C(=O)c1c(OI)c(=O)c(C(=O)NCc3cccc(Cl)c3F)cn12. The van der Waals surface area contributed by atoms with Gasteiger partial charge in [0.1, 0.15) is 11.4 Å². The third-order valence-corrected chi connectivity index (χ3v) is 6.83. The van der Waals surface area contributed by atoms with Crippen molar-refractivity contribution in [1.82, 2.24) is 14.8 Å². The summed E-state index contributed by atoms with van der Waals surface area (Å²) in [6, 6.07) is 4.46. The summed E-state index contributed by atoms with van der Waals surface area (Å²) in [7, 11) is 3.28. The lowest BCUT2D eigenvalue weighted by Crippen LogP contribution is -2.61. The number of carbonyl (C=O) groups is 2. The van der Waals surface area contributed by atoms with Crippen molar-refractivity contribution >= 4 is 46.4 Å². The van der Waals surface area contributed by atoms with Crippen LogP contribution in [0, 0.1) is 5.82 Å². The third-order valence-electron chi connectivity index (χ3n) is 6.10. The number of hydrogen-bond acceptors (Lipinski definition) is 5. The number of aromatic nitrogens is 1. The van der Waals surface area contributed by atoms with E-state index in [4.69, 9.17) is 19.4 Å². The van der Waals surface area contributed by atoms with Crippen molar-refractivity contribution in [2.24, 2.45) is 0 Å². The molecule has 8 nitrogen and oxygen atoms in total. The summed E-state index contributed by atoms with van der Waals surface area (Å²) in [5, 5.41) is 2.50. The molecule has 2 heterocycles. The van der Waals surface area contributed by atoms with E-state index in [2.05, 4.69) is 5.32 Å².